The predicted octanol–water partition coefficient (Wildman–Crippen LogP) is 5.92. The van der Waals surface area contributed by atoms with Gasteiger partial charge in [-0.1, -0.05) is 56.1 Å². The average Bonchev–Trinajstić information content (AvgIpc) is 2.38. The van der Waals surface area contributed by atoms with Crippen molar-refractivity contribution in [3.8, 4) is 5.75 Å². The summed E-state index contributed by atoms with van der Waals surface area (Å²) in [7, 11) is 0. The molecule has 0 saturated heterocycles. The molecule has 0 heterocycles. The van der Waals surface area contributed by atoms with Crippen molar-refractivity contribution in [2.24, 2.45) is 0 Å². The van der Waals surface area contributed by atoms with E-state index < -0.39 is 0 Å². The molecule has 2 rings (SSSR count). The van der Waals surface area contributed by atoms with Crippen LogP contribution in [0.3, 0.4) is 0 Å². The Kier molecular flexibility index (Phi) is 5.67. The van der Waals surface area contributed by atoms with Gasteiger partial charge in [0.05, 0.1) is 6.10 Å². The van der Waals surface area contributed by atoms with Crippen LogP contribution >= 0.6 is 31.9 Å². The van der Waals surface area contributed by atoms with Crippen LogP contribution in [-0.4, -0.2) is 6.10 Å². The molecule has 0 spiro atoms. The molecule has 2 aromatic rings. The minimum absolute atomic E-state index is 0.210. The van der Waals surface area contributed by atoms with Crippen LogP contribution in [0, 0.1) is 0 Å². The van der Waals surface area contributed by atoms with Gasteiger partial charge in [0.25, 0.3) is 0 Å². The van der Waals surface area contributed by atoms with Crippen LogP contribution in [0.4, 0.5) is 0 Å². The molecule has 0 aliphatic rings. The molecule has 1 unspecified atom stereocenters. The van der Waals surface area contributed by atoms with Gasteiger partial charge in [-0.25, -0.2) is 0 Å². The molecule has 0 aliphatic carbocycles. The third-order valence-corrected chi connectivity index (χ3v) is 4.26. The minimum atomic E-state index is 0.210. The van der Waals surface area contributed by atoms with E-state index in [0.29, 0.717) is 4.83 Å². The van der Waals surface area contributed by atoms with Gasteiger partial charge in [0.1, 0.15) is 5.75 Å². The number of alkyl halides is 1. The molecule has 0 aromatic heterocycles. The molecular weight excluding hydrogens is 380 g/mol. The number of ether oxygens (including phenoxy) is 1. The van der Waals surface area contributed by atoms with E-state index in [2.05, 4.69) is 62.2 Å². The summed E-state index contributed by atoms with van der Waals surface area (Å²) in [5, 5.41) is 0. The summed E-state index contributed by atoms with van der Waals surface area (Å²) in [5.41, 5.74) is 2.57. The van der Waals surface area contributed by atoms with Gasteiger partial charge in [-0.05, 0) is 55.7 Å². The summed E-state index contributed by atoms with van der Waals surface area (Å²) in [6, 6.07) is 16.7. The van der Waals surface area contributed by atoms with Gasteiger partial charge in [-0.3, -0.25) is 0 Å². The second-order valence-corrected chi connectivity index (χ2v) is 7.06. The number of rotatable bonds is 5. The first kappa shape index (κ1) is 15.6. The Bertz CT molecular complexity index is 549. The molecule has 0 saturated carbocycles. The van der Waals surface area contributed by atoms with Crippen LogP contribution in [0.1, 0.15) is 29.8 Å². The highest BCUT2D eigenvalue weighted by molar-refractivity contribution is 9.10. The number of hydrogen-bond acceptors (Lipinski definition) is 1. The lowest BCUT2D eigenvalue weighted by Gasteiger charge is -2.13. The molecular formula is C17H18Br2O. The monoisotopic (exact) mass is 396 g/mol. The third kappa shape index (κ3) is 4.64. The van der Waals surface area contributed by atoms with Crippen molar-refractivity contribution >= 4 is 31.9 Å². The van der Waals surface area contributed by atoms with Crippen LogP contribution in [0.15, 0.2) is 53.0 Å². The molecule has 3 heteroatoms. The van der Waals surface area contributed by atoms with E-state index in [9.17, 15) is 0 Å². The Morgan fingerprint density at radius 2 is 1.75 bits per heavy atom. The topological polar surface area (TPSA) is 9.23 Å². The van der Waals surface area contributed by atoms with Crippen LogP contribution in [0.5, 0.6) is 5.75 Å². The molecule has 0 radical (unpaired) electrons. The zero-order valence-corrected chi connectivity index (χ0v) is 14.8. The molecule has 0 amide bonds. The number of halogens is 2. The Balaban J connectivity index is 2.03. The van der Waals surface area contributed by atoms with E-state index in [1.807, 2.05) is 32.0 Å². The van der Waals surface area contributed by atoms with Crippen molar-refractivity contribution in [2.75, 3.05) is 0 Å². The molecule has 2 aromatic carbocycles. The maximum atomic E-state index is 5.66. The summed E-state index contributed by atoms with van der Waals surface area (Å²) in [6.45, 7) is 4.07. The van der Waals surface area contributed by atoms with Crippen LogP contribution < -0.4 is 4.74 Å². The quantitative estimate of drug-likeness (QED) is 0.569. The van der Waals surface area contributed by atoms with E-state index in [4.69, 9.17) is 4.74 Å². The second-order valence-electron chi connectivity index (χ2n) is 5.04. The van der Waals surface area contributed by atoms with Crippen molar-refractivity contribution in [2.45, 2.75) is 31.2 Å². The predicted molar refractivity (Wildman–Crippen MR) is 91.7 cm³/mol. The lowest BCUT2D eigenvalue weighted by atomic mass is 10.0. The summed E-state index contributed by atoms with van der Waals surface area (Å²) in [6.07, 6.45) is 1.17. The van der Waals surface area contributed by atoms with Gasteiger partial charge < -0.3 is 4.74 Å². The van der Waals surface area contributed by atoms with Crippen LogP contribution in [0.2, 0.25) is 0 Å². The smallest absolute Gasteiger partial charge is 0.119 e. The normalized spacial score (nSPS) is 12.4. The lowest BCUT2D eigenvalue weighted by Crippen LogP contribution is -2.05. The van der Waals surface area contributed by atoms with E-state index in [1.54, 1.807) is 0 Å². The Labute approximate surface area is 137 Å². The molecule has 20 heavy (non-hydrogen) atoms. The minimum Gasteiger partial charge on any atom is -0.491 e. The van der Waals surface area contributed by atoms with E-state index in [1.165, 1.54) is 11.1 Å². The van der Waals surface area contributed by atoms with Gasteiger partial charge in [-0.2, -0.15) is 0 Å². The Morgan fingerprint density at radius 1 is 1.05 bits per heavy atom. The van der Waals surface area contributed by atoms with Crippen LogP contribution in [0.25, 0.3) is 0 Å². The van der Waals surface area contributed by atoms with Crippen LogP contribution in [-0.2, 0) is 6.42 Å². The highest BCUT2D eigenvalue weighted by Gasteiger charge is 2.09. The van der Waals surface area contributed by atoms with Crippen molar-refractivity contribution in [1.29, 1.82) is 0 Å². The van der Waals surface area contributed by atoms with Crippen molar-refractivity contribution < 1.29 is 4.74 Å². The highest BCUT2D eigenvalue weighted by Crippen LogP contribution is 2.29. The molecule has 0 N–H and O–H groups in total. The number of hydrogen-bond donors (Lipinski definition) is 0. The first-order valence-corrected chi connectivity index (χ1v) is 8.40. The highest BCUT2D eigenvalue weighted by atomic mass is 79.9. The molecule has 0 bridgehead atoms. The Morgan fingerprint density at radius 3 is 2.35 bits per heavy atom. The lowest BCUT2D eigenvalue weighted by molar-refractivity contribution is 0.242. The second kappa shape index (κ2) is 7.28. The van der Waals surface area contributed by atoms with Crippen molar-refractivity contribution in [3.63, 3.8) is 0 Å². The maximum Gasteiger partial charge on any atom is 0.119 e. The molecule has 0 fully saturated rings. The SMILES string of the molecule is CC(C)Oc1ccc(C(Br)Cc2cccc(Br)c2)cc1. The van der Waals surface area contributed by atoms with Crippen molar-refractivity contribution in [3.05, 3.63) is 64.1 Å². The van der Waals surface area contributed by atoms with Gasteiger partial charge >= 0.3 is 0 Å². The molecule has 1 atom stereocenters. The Hall–Kier alpha value is -0.800. The largest absolute Gasteiger partial charge is 0.491 e. The molecule has 106 valence electrons. The van der Waals surface area contributed by atoms with Crippen molar-refractivity contribution in [1.82, 2.24) is 0 Å². The van der Waals surface area contributed by atoms with Gasteiger partial charge in [0.15, 0.2) is 0 Å². The third-order valence-electron chi connectivity index (χ3n) is 2.92. The summed E-state index contributed by atoms with van der Waals surface area (Å²) >= 11 is 7.28. The van der Waals surface area contributed by atoms with Gasteiger partial charge in [-0.15, -0.1) is 0 Å². The molecule has 1 nitrogen and oxygen atoms in total. The van der Waals surface area contributed by atoms with E-state index in [0.717, 1.165) is 16.6 Å². The average molecular weight is 398 g/mol. The molecule has 0 aliphatic heterocycles. The maximum absolute atomic E-state index is 5.66. The first-order valence-electron chi connectivity index (χ1n) is 6.69. The van der Waals surface area contributed by atoms with E-state index in [-0.39, 0.29) is 6.10 Å². The standard InChI is InChI=1S/C17H18Br2O/c1-12(2)20-16-8-6-14(7-9-16)17(19)11-13-4-3-5-15(18)10-13/h3-10,12,17H,11H2,1-2H3. The van der Waals surface area contributed by atoms with Gasteiger partial charge in [0, 0.05) is 9.30 Å². The number of benzene rings is 2. The summed E-state index contributed by atoms with van der Waals surface area (Å²) < 4.78 is 6.78. The van der Waals surface area contributed by atoms with Gasteiger partial charge in [0.2, 0.25) is 0 Å². The first-order chi connectivity index (χ1) is 9.54. The fourth-order valence-corrected chi connectivity index (χ4v) is 3.14. The summed E-state index contributed by atoms with van der Waals surface area (Å²) in [5.74, 6) is 0.922. The zero-order valence-electron chi connectivity index (χ0n) is 11.6. The summed E-state index contributed by atoms with van der Waals surface area (Å²) in [4.78, 5) is 0.310. The fourth-order valence-electron chi connectivity index (χ4n) is 2.02. The van der Waals surface area contributed by atoms with E-state index >= 15 is 0 Å². The fraction of sp³-hybridized carbons (Fsp3) is 0.294. The zero-order chi connectivity index (χ0) is 14.5.